The third-order valence-electron chi connectivity index (χ3n) is 3.17. The Bertz CT molecular complexity index is 647. The molecule has 7 heteroatoms. The predicted octanol–water partition coefficient (Wildman–Crippen LogP) is 2.63. The van der Waals surface area contributed by atoms with Gasteiger partial charge in [0.15, 0.2) is 17.3 Å². The Kier molecular flexibility index (Phi) is 4.88. The summed E-state index contributed by atoms with van der Waals surface area (Å²) in [5.41, 5.74) is 2.12. The van der Waals surface area contributed by atoms with Crippen LogP contribution in [-0.4, -0.2) is 25.4 Å². The van der Waals surface area contributed by atoms with Crippen molar-refractivity contribution in [3.05, 3.63) is 35.2 Å². The maximum atomic E-state index is 11.9. The lowest BCUT2D eigenvalue weighted by Crippen LogP contribution is -2.28. The second kappa shape index (κ2) is 6.84. The molecular formula is C15H19N3O4. The molecule has 7 nitrogen and oxygen atoms in total. The second-order valence-electron chi connectivity index (χ2n) is 4.70. The molecule has 0 saturated heterocycles. The molecule has 1 aromatic heterocycles. The van der Waals surface area contributed by atoms with Gasteiger partial charge in [0.2, 0.25) is 0 Å². The fourth-order valence-corrected chi connectivity index (χ4v) is 1.99. The number of carbonyl (C=O) groups excluding carboxylic acids is 1. The molecule has 118 valence electrons. The van der Waals surface area contributed by atoms with Crippen molar-refractivity contribution in [3.8, 4) is 11.5 Å². The van der Waals surface area contributed by atoms with Crippen molar-refractivity contribution in [2.75, 3.05) is 19.5 Å². The third kappa shape index (κ3) is 3.49. The van der Waals surface area contributed by atoms with Crippen LogP contribution in [0.15, 0.2) is 22.7 Å². The van der Waals surface area contributed by atoms with Gasteiger partial charge in [0.1, 0.15) is 11.4 Å². The number of ether oxygens (including phenoxy) is 2. The van der Waals surface area contributed by atoms with Crippen LogP contribution in [0.4, 0.5) is 10.5 Å². The van der Waals surface area contributed by atoms with Gasteiger partial charge < -0.3 is 24.6 Å². The van der Waals surface area contributed by atoms with Gasteiger partial charge in [0.25, 0.3) is 0 Å². The molecule has 0 bridgehead atoms. The maximum absolute atomic E-state index is 11.9. The monoisotopic (exact) mass is 305 g/mol. The lowest BCUT2D eigenvalue weighted by molar-refractivity contribution is 0.251. The SMILES string of the molecule is COc1ccc(CNC(=O)Nc2c(C)noc2C)cc1OC. The highest BCUT2D eigenvalue weighted by Gasteiger charge is 2.12. The number of hydrogen-bond donors (Lipinski definition) is 2. The molecule has 2 aromatic rings. The molecule has 2 amide bonds. The third-order valence-corrected chi connectivity index (χ3v) is 3.17. The minimum Gasteiger partial charge on any atom is -0.493 e. The van der Waals surface area contributed by atoms with E-state index < -0.39 is 0 Å². The summed E-state index contributed by atoms with van der Waals surface area (Å²) in [6.07, 6.45) is 0. The molecule has 0 aliphatic carbocycles. The molecule has 0 aliphatic heterocycles. The summed E-state index contributed by atoms with van der Waals surface area (Å²) >= 11 is 0. The van der Waals surface area contributed by atoms with E-state index in [2.05, 4.69) is 15.8 Å². The van der Waals surface area contributed by atoms with Gasteiger partial charge in [-0.15, -0.1) is 0 Å². The zero-order valence-corrected chi connectivity index (χ0v) is 13.0. The minimum absolute atomic E-state index is 0.329. The number of hydrogen-bond acceptors (Lipinski definition) is 5. The first-order valence-electron chi connectivity index (χ1n) is 6.73. The van der Waals surface area contributed by atoms with Gasteiger partial charge in [-0.3, -0.25) is 0 Å². The van der Waals surface area contributed by atoms with Crippen LogP contribution in [-0.2, 0) is 6.54 Å². The molecule has 2 N–H and O–H groups in total. The van der Waals surface area contributed by atoms with Gasteiger partial charge in [-0.25, -0.2) is 4.79 Å². The molecule has 0 saturated carbocycles. The number of rotatable bonds is 5. The Morgan fingerprint density at radius 2 is 1.95 bits per heavy atom. The van der Waals surface area contributed by atoms with Crippen molar-refractivity contribution in [1.82, 2.24) is 10.5 Å². The van der Waals surface area contributed by atoms with E-state index in [9.17, 15) is 4.79 Å². The van der Waals surface area contributed by atoms with Gasteiger partial charge in [0.05, 0.1) is 14.2 Å². The normalized spacial score (nSPS) is 10.2. The van der Waals surface area contributed by atoms with Crippen LogP contribution in [0.2, 0.25) is 0 Å². The second-order valence-corrected chi connectivity index (χ2v) is 4.70. The number of amides is 2. The van der Waals surface area contributed by atoms with E-state index in [1.165, 1.54) is 0 Å². The lowest BCUT2D eigenvalue weighted by atomic mass is 10.2. The Labute approximate surface area is 128 Å². The van der Waals surface area contributed by atoms with E-state index in [0.717, 1.165) is 5.56 Å². The maximum Gasteiger partial charge on any atom is 0.319 e. The number of benzene rings is 1. The van der Waals surface area contributed by atoms with Crippen molar-refractivity contribution in [2.45, 2.75) is 20.4 Å². The molecule has 1 heterocycles. The summed E-state index contributed by atoms with van der Waals surface area (Å²) in [6.45, 7) is 3.86. The van der Waals surface area contributed by atoms with Crippen LogP contribution >= 0.6 is 0 Å². The number of urea groups is 1. The van der Waals surface area contributed by atoms with Gasteiger partial charge in [-0.2, -0.15) is 0 Å². The minimum atomic E-state index is -0.329. The zero-order chi connectivity index (χ0) is 16.1. The average Bonchev–Trinajstić information content (AvgIpc) is 2.84. The van der Waals surface area contributed by atoms with Crippen LogP contribution in [0.3, 0.4) is 0 Å². The Morgan fingerprint density at radius 3 is 2.55 bits per heavy atom. The molecule has 22 heavy (non-hydrogen) atoms. The molecule has 0 unspecified atom stereocenters. The highest BCUT2D eigenvalue weighted by molar-refractivity contribution is 5.90. The number of aromatic nitrogens is 1. The average molecular weight is 305 g/mol. The smallest absolute Gasteiger partial charge is 0.319 e. The lowest BCUT2D eigenvalue weighted by Gasteiger charge is -2.11. The molecule has 0 atom stereocenters. The van der Waals surface area contributed by atoms with Gasteiger partial charge in [0, 0.05) is 6.54 Å². The van der Waals surface area contributed by atoms with E-state index in [-0.39, 0.29) is 6.03 Å². The number of methoxy groups -OCH3 is 2. The first-order chi connectivity index (χ1) is 10.5. The van der Waals surface area contributed by atoms with E-state index in [0.29, 0.717) is 35.2 Å². The van der Waals surface area contributed by atoms with Crippen molar-refractivity contribution < 1.29 is 18.8 Å². The first kappa shape index (κ1) is 15.7. The summed E-state index contributed by atoms with van der Waals surface area (Å²) in [5, 5.41) is 9.26. The fourth-order valence-electron chi connectivity index (χ4n) is 1.99. The summed E-state index contributed by atoms with van der Waals surface area (Å²) in [5.74, 6) is 1.83. The Morgan fingerprint density at radius 1 is 1.23 bits per heavy atom. The number of aryl methyl sites for hydroxylation is 2. The highest BCUT2D eigenvalue weighted by atomic mass is 16.5. The summed E-state index contributed by atoms with van der Waals surface area (Å²) in [4.78, 5) is 11.9. The fraction of sp³-hybridized carbons (Fsp3) is 0.333. The van der Waals surface area contributed by atoms with E-state index in [1.807, 2.05) is 12.1 Å². The van der Waals surface area contributed by atoms with Crippen molar-refractivity contribution in [3.63, 3.8) is 0 Å². The molecule has 0 aliphatic rings. The molecule has 0 fully saturated rings. The number of anilines is 1. The van der Waals surface area contributed by atoms with Crippen LogP contribution in [0.25, 0.3) is 0 Å². The zero-order valence-electron chi connectivity index (χ0n) is 13.0. The van der Waals surface area contributed by atoms with Gasteiger partial charge in [-0.05, 0) is 31.5 Å². The molecule has 0 radical (unpaired) electrons. The predicted molar refractivity (Wildman–Crippen MR) is 81.4 cm³/mol. The van der Waals surface area contributed by atoms with Crippen LogP contribution in [0, 0.1) is 13.8 Å². The Balaban J connectivity index is 1.96. The largest absolute Gasteiger partial charge is 0.493 e. The van der Waals surface area contributed by atoms with Crippen molar-refractivity contribution >= 4 is 11.7 Å². The van der Waals surface area contributed by atoms with Crippen LogP contribution in [0.1, 0.15) is 17.0 Å². The quantitative estimate of drug-likeness (QED) is 0.887. The highest BCUT2D eigenvalue weighted by Crippen LogP contribution is 2.27. The first-order valence-corrected chi connectivity index (χ1v) is 6.73. The summed E-state index contributed by atoms with van der Waals surface area (Å²) < 4.78 is 15.4. The molecule has 1 aromatic carbocycles. The molecular weight excluding hydrogens is 286 g/mol. The van der Waals surface area contributed by atoms with E-state index in [1.54, 1.807) is 34.1 Å². The van der Waals surface area contributed by atoms with Gasteiger partial charge >= 0.3 is 6.03 Å². The standard InChI is InChI=1S/C15H19N3O4/c1-9-14(10(2)22-18-9)17-15(19)16-8-11-5-6-12(20-3)13(7-11)21-4/h5-7H,8H2,1-4H3,(H2,16,17,19). The van der Waals surface area contributed by atoms with Gasteiger partial charge in [-0.1, -0.05) is 11.2 Å². The summed E-state index contributed by atoms with van der Waals surface area (Å²) in [6, 6.07) is 5.14. The number of nitrogens with zero attached hydrogens (tertiary/aromatic N) is 1. The Hall–Kier alpha value is -2.70. The van der Waals surface area contributed by atoms with Crippen molar-refractivity contribution in [1.29, 1.82) is 0 Å². The van der Waals surface area contributed by atoms with E-state index in [4.69, 9.17) is 14.0 Å². The topological polar surface area (TPSA) is 85.6 Å². The van der Waals surface area contributed by atoms with Crippen LogP contribution < -0.4 is 20.1 Å². The van der Waals surface area contributed by atoms with Crippen LogP contribution in [0.5, 0.6) is 11.5 Å². The molecule has 2 rings (SSSR count). The van der Waals surface area contributed by atoms with E-state index >= 15 is 0 Å². The van der Waals surface area contributed by atoms with Crippen molar-refractivity contribution in [2.24, 2.45) is 0 Å². The molecule has 0 spiro atoms. The summed E-state index contributed by atoms with van der Waals surface area (Å²) in [7, 11) is 3.14. The number of carbonyl (C=O) groups is 1. The number of nitrogens with one attached hydrogen (secondary N) is 2.